The highest BCUT2D eigenvalue weighted by molar-refractivity contribution is 6.33. The van der Waals surface area contributed by atoms with E-state index in [9.17, 15) is 20.2 Å². The normalized spacial score (nSPS) is 10.2. The molecule has 0 heterocycles. The molecular formula is C13H8Cl2N2O6. The van der Waals surface area contributed by atoms with Crippen molar-refractivity contribution in [3.8, 4) is 17.2 Å². The molecule has 0 bridgehead atoms. The van der Waals surface area contributed by atoms with Crippen LogP contribution in [0.5, 0.6) is 17.2 Å². The van der Waals surface area contributed by atoms with E-state index < -0.39 is 27.0 Å². The number of ether oxygens (including phenoxy) is 2. The van der Waals surface area contributed by atoms with Gasteiger partial charge in [-0.05, 0) is 12.1 Å². The van der Waals surface area contributed by atoms with Gasteiger partial charge in [0.05, 0.1) is 27.0 Å². The third-order valence-electron chi connectivity index (χ3n) is 2.78. The first-order valence-corrected chi connectivity index (χ1v) is 6.74. The van der Waals surface area contributed by atoms with Gasteiger partial charge in [0.1, 0.15) is 5.75 Å². The molecule has 2 aromatic rings. The lowest BCUT2D eigenvalue weighted by atomic mass is 10.2. The number of halogens is 2. The maximum absolute atomic E-state index is 11.3. The summed E-state index contributed by atoms with van der Waals surface area (Å²) in [6.07, 6.45) is 0. The largest absolute Gasteiger partial charge is 0.489 e. The molecule has 0 saturated heterocycles. The molecule has 0 aliphatic heterocycles. The van der Waals surface area contributed by atoms with Gasteiger partial charge in [0, 0.05) is 6.07 Å². The summed E-state index contributed by atoms with van der Waals surface area (Å²) in [4.78, 5) is 20.8. The Bertz CT molecular complexity index is 796. The van der Waals surface area contributed by atoms with Gasteiger partial charge in [0.2, 0.25) is 5.75 Å². The minimum Gasteiger partial charge on any atom is -0.489 e. The van der Waals surface area contributed by atoms with Crippen molar-refractivity contribution in [1.82, 2.24) is 0 Å². The number of hydrogen-bond donors (Lipinski definition) is 0. The lowest BCUT2D eigenvalue weighted by Crippen LogP contribution is -2.02. The van der Waals surface area contributed by atoms with Gasteiger partial charge in [0.25, 0.3) is 5.75 Å². The first-order chi connectivity index (χ1) is 10.9. The summed E-state index contributed by atoms with van der Waals surface area (Å²) >= 11 is 11.7. The number of methoxy groups -OCH3 is 1. The minimum atomic E-state index is -0.871. The predicted octanol–water partition coefficient (Wildman–Crippen LogP) is 4.61. The Balaban J connectivity index is 2.75. The van der Waals surface area contributed by atoms with Crippen LogP contribution in [-0.2, 0) is 0 Å². The second kappa shape index (κ2) is 6.67. The van der Waals surface area contributed by atoms with Crippen molar-refractivity contribution in [1.29, 1.82) is 0 Å². The minimum absolute atomic E-state index is 0.0183. The molecule has 0 aliphatic rings. The van der Waals surface area contributed by atoms with Gasteiger partial charge in [-0.25, -0.2) is 0 Å². The highest BCUT2D eigenvalue weighted by Crippen LogP contribution is 2.50. The average molecular weight is 359 g/mol. The van der Waals surface area contributed by atoms with Crippen molar-refractivity contribution in [2.75, 3.05) is 7.11 Å². The monoisotopic (exact) mass is 358 g/mol. The molecule has 0 N–H and O–H groups in total. The Kier molecular flexibility index (Phi) is 4.87. The second-order valence-electron chi connectivity index (χ2n) is 4.14. The van der Waals surface area contributed by atoms with Gasteiger partial charge in [-0.1, -0.05) is 35.3 Å². The molecular weight excluding hydrogens is 351 g/mol. The molecule has 0 radical (unpaired) electrons. The first-order valence-electron chi connectivity index (χ1n) is 5.98. The molecule has 0 amide bonds. The van der Waals surface area contributed by atoms with E-state index in [1.165, 1.54) is 12.1 Å². The number of nitro benzene ring substituents is 2. The molecule has 2 aromatic carbocycles. The van der Waals surface area contributed by atoms with Crippen molar-refractivity contribution in [2.24, 2.45) is 0 Å². The van der Waals surface area contributed by atoms with Gasteiger partial charge in [-0.15, -0.1) is 0 Å². The van der Waals surface area contributed by atoms with Crippen LogP contribution in [0.4, 0.5) is 11.4 Å². The fraction of sp³-hybridized carbons (Fsp3) is 0.0769. The Hall–Kier alpha value is -2.58. The highest BCUT2D eigenvalue weighted by Gasteiger charge is 2.35. The van der Waals surface area contributed by atoms with Crippen LogP contribution >= 0.6 is 23.2 Å². The van der Waals surface area contributed by atoms with E-state index in [0.29, 0.717) is 0 Å². The number of benzene rings is 2. The van der Waals surface area contributed by atoms with E-state index in [4.69, 9.17) is 32.7 Å². The highest BCUT2D eigenvalue weighted by atomic mass is 35.5. The second-order valence-corrected chi connectivity index (χ2v) is 4.95. The van der Waals surface area contributed by atoms with Crippen LogP contribution in [0.3, 0.4) is 0 Å². The van der Waals surface area contributed by atoms with Gasteiger partial charge in [-0.2, -0.15) is 0 Å². The summed E-state index contributed by atoms with van der Waals surface area (Å²) < 4.78 is 10.2. The van der Waals surface area contributed by atoms with E-state index in [1.807, 2.05) is 0 Å². The summed E-state index contributed by atoms with van der Waals surface area (Å²) in [6, 6.07) is 6.98. The zero-order valence-corrected chi connectivity index (χ0v) is 13.0. The van der Waals surface area contributed by atoms with Crippen molar-refractivity contribution in [3.63, 3.8) is 0 Å². The van der Waals surface area contributed by atoms with Crippen LogP contribution in [0.25, 0.3) is 0 Å². The number of hydrogen-bond acceptors (Lipinski definition) is 6. The first kappa shape index (κ1) is 16.8. The summed E-state index contributed by atoms with van der Waals surface area (Å²) in [7, 11) is 1.15. The Morgan fingerprint density at radius 1 is 1.00 bits per heavy atom. The zero-order valence-electron chi connectivity index (χ0n) is 11.5. The van der Waals surface area contributed by atoms with Gasteiger partial charge in [-0.3, -0.25) is 20.2 Å². The van der Waals surface area contributed by atoms with Crippen molar-refractivity contribution in [2.45, 2.75) is 0 Å². The molecule has 8 nitrogen and oxygen atoms in total. The molecule has 0 aliphatic carbocycles. The lowest BCUT2D eigenvalue weighted by molar-refractivity contribution is -0.396. The third-order valence-corrected chi connectivity index (χ3v) is 3.37. The van der Waals surface area contributed by atoms with Gasteiger partial charge < -0.3 is 9.47 Å². The van der Waals surface area contributed by atoms with Crippen LogP contribution in [0.2, 0.25) is 10.0 Å². The van der Waals surface area contributed by atoms with E-state index in [-0.39, 0.29) is 21.5 Å². The fourth-order valence-corrected chi connectivity index (χ4v) is 2.27. The number of nitro groups is 2. The van der Waals surface area contributed by atoms with Crippen LogP contribution < -0.4 is 9.47 Å². The van der Waals surface area contributed by atoms with Crippen LogP contribution in [-0.4, -0.2) is 17.0 Å². The van der Waals surface area contributed by atoms with E-state index in [1.54, 1.807) is 12.1 Å². The molecule has 23 heavy (non-hydrogen) atoms. The molecule has 2 rings (SSSR count). The molecule has 0 aromatic heterocycles. The average Bonchev–Trinajstić information content (AvgIpc) is 2.49. The number of para-hydroxylation sites is 1. The topological polar surface area (TPSA) is 105 Å². The molecule has 0 spiro atoms. The van der Waals surface area contributed by atoms with Crippen molar-refractivity contribution in [3.05, 3.63) is 60.6 Å². The molecule has 0 unspecified atom stereocenters. The summed E-state index contributed by atoms with van der Waals surface area (Å²) in [5.74, 6) is -0.941. The van der Waals surface area contributed by atoms with Crippen LogP contribution in [0.1, 0.15) is 0 Å². The summed E-state index contributed by atoms with van der Waals surface area (Å²) in [6.45, 7) is 0. The maximum atomic E-state index is 11.3. The predicted molar refractivity (Wildman–Crippen MR) is 82.8 cm³/mol. The Morgan fingerprint density at radius 3 is 2.17 bits per heavy atom. The third kappa shape index (κ3) is 3.27. The van der Waals surface area contributed by atoms with Crippen LogP contribution in [0, 0.1) is 20.2 Å². The number of nitrogens with zero attached hydrogens (tertiary/aromatic N) is 2. The lowest BCUT2D eigenvalue weighted by Gasteiger charge is -2.11. The SMILES string of the molecule is COc1c(Cl)cc([N+](=O)[O-])c(Oc2ccccc2Cl)c1[N+](=O)[O-]. The van der Waals surface area contributed by atoms with Gasteiger partial charge >= 0.3 is 11.4 Å². The molecule has 0 saturated carbocycles. The molecule has 10 heteroatoms. The van der Waals surface area contributed by atoms with Crippen LogP contribution in [0.15, 0.2) is 30.3 Å². The zero-order chi connectivity index (χ0) is 17.1. The van der Waals surface area contributed by atoms with E-state index in [0.717, 1.165) is 13.2 Å². The van der Waals surface area contributed by atoms with E-state index >= 15 is 0 Å². The fourth-order valence-electron chi connectivity index (χ4n) is 1.82. The van der Waals surface area contributed by atoms with Crippen molar-refractivity contribution >= 4 is 34.6 Å². The number of rotatable bonds is 5. The maximum Gasteiger partial charge on any atom is 0.361 e. The molecule has 120 valence electrons. The summed E-state index contributed by atoms with van der Waals surface area (Å²) in [5, 5.41) is 22.4. The van der Waals surface area contributed by atoms with Gasteiger partial charge in [0.15, 0.2) is 0 Å². The standard InChI is InChI=1S/C13H8Cl2N2O6/c1-22-12-8(15)6-9(16(18)19)13(11(12)17(20)21)23-10-5-3-2-4-7(10)14/h2-6H,1H3. The molecule has 0 atom stereocenters. The van der Waals surface area contributed by atoms with E-state index in [2.05, 4.69) is 0 Å². The summed E-state index contributed by atoms with van der Waals surface area (Å²) in [5.41, 5.74) is -1.44. The molecule has 0 fully saturated rings. The smallest absolute Gasteiger partial charge is 0.361 e. The Labute approximate surface area is 139 Å². The quantitative estimate of drug-likeness (QED) is 0.570. The van der Waals surface area contributed by atoms with Crippen molar-refractivity contribution < 1.29 is 19.3 Å². The Morgan fingerprint density at radius 2 is 1.65 bits per heavy atom.